The van der Waals surface area contributed by atoms with Crippen LogP contribution in [0.3, 0.4) is 0 Å². The Labute approximate surface area is 130 Å². The molecule has 0 fully saturated rings. The van der Waals surface area contributed by atoms with Crippen molar-refractivity contribution < 1.29 is 28.2 Å². The Bertz CT molecular complexity index is 706. The first-order valence-electron chi connectivity index (χ1n) is 6.62. The molecule has 23 heavy (non-hydrogen) atoms. The smallest absolute Gasteiger partial charge is 0.408 e. The molecule has 5 nitrogen and oxygen atoms in total. The first kappa shape index (κ1) is 16.4. The summed E-state index contributed by atoms with van der Waals surface area (Å²) in [5.41, 5.74) is 0.621. The van der Waals surface area contributed by atoms with Gasteiger partial charge in [0.05, 0.1) is 0 Å². The lowest BCUT2D eigenvalue weighted by Gasteiger charge is -2.15. The summed E-state index contributed by atoms with van der Waals surface area (Å²) >= 11 is 0. The van der Waals surface area contributed by atoms with Crippen LogP contribution in [0.1, 0.15) is 17.2 Å². The molecule has 0 aliphatic carbocycles. The fraction of sp³-hybridized carbons (Fsp3) is 0.125. The van der Waals surface area contributed by atoms with E-state index in [1.807, 2.05) is 0 Å². The number of alkyl carbamates (subject to hydrolysis) is 1. The summed E-state index contributed by atoms with van der Waals surface area (Å²) in [5.74, 6) is -3.73. The summed E-state index contributed by atoms with van der Waals surface area (Å²) in [7, 11) is 0. The van der Waals surface area contributed by atoms with Crippen molar-refractivity contribution in [1.82, 2.24) is 5.32 Å². The van der Waals surface area contributed by atoms with Gasteiger partial charge in [0.25, 0.3) is 0 Å². The van der Waals surface area contributed by atoms with Gasteiger partial charge in [-0.3, -0.25) is 0 Å². The Morgan fingerprint density at radius 3 is 2.39 bits per heavy atom. The topological polar surface area (TPSA) is 75.6 Å². The molecule has 0 spiro atoms. The first-order valence-corrected chi connectivity index (χ1v) is 6.62. The molecule has 0 aromatic heterocycles. The minimum absolute atomic E-state index is 0.0448. The van der Waals surface area contributed by atoms with Crippen LogP contribution >= 0.6 is 0 Å². The van der Waals surface area contributed by atoms with Gasteiger partial charge in [0.15, 0.2) is 17.7 Å². The van der Waals surface area contributed by atoms with E-state index in [-0.39, 0.29) is 12.2 Å². The Hall–Kier alpha value is -2.96. The van der Waals surface area contributed by atoms with E-state index in [9.17, 15) is 18.4 Å². The maximum absolute atomic E-state index is 13.2. The number of rotatable bonds is 5. The molecule has 7 heteroatoms. The van der Waals surface area contributed by atoms with Crippen molar-refractivity contribution in [1.29, 1.82) is 0 Å². The SMILES string of the molecule is O=C(N[C@@H](C(=O)O)c1ccc(F)c(F)c1)OCc1ccccc1. The maximum Gasteiger partial charge on any atom is 0.408 e. The predicted octanol–water partition coefficient (Wildman–Crippen LogP) is 3.02. The number of ether oxygens (including phenoxy) is 1. The van der Waals surface area contributed by atoms with Gasteiger partial charge in [-0.2, -0.15) is 0 Å². The fourth-order valence-electron chi connectivity index (χ4n) is 1.86. The van der Waals surface area contributed by atoms with Crippen molar-refractivity contribution in [3.05, 3.63) is 71.3 Å². The molecule has 0 saturated heterocycles. The molecule has 2 rings (SSSR count). The summed E-state index contributed by atoms with van der Waals surface area (Å²) in [4.78, 5) is 22.9. The minimum atomic E-state index is -1.55. The molecule has 0 bridgehead atoms. The molecule has 120 valence electrons. The van der Waals surface area contributed by atoms with E-state index in [1.165, 1.54) is 0 Å². The first-order chi connectivity index (χ1) is 11.0. The Morgan fingerprint density at radius 2 is 1.78 bits per heavy atom. The molecule has 0 saturated carbocycles. The van der Waals surface area contributed by atoms with Crippen LogP contribution in [0.25, 0.3) is 0 Å². The van der Waals surface area contributed by atoms with E-state index in [0.717, 1.165) is 17.7 Å². The quantitative estimate of drug-likeness (QED) is 0.887. The summed E-state index contributed by atoms with van der Waals surface area (Å²) in [6.07, 6.45) is -0.981. The van der Waals surface area contributed by atoms with Gasteiger partial charge < -0.3 is 15.2 Å². The van der Waals surface area contributed by atoms with Gasteiger partial charge in [0, 0.05) is 0 Å². The number of carbonyl (C=O) groups is 2. The highest BCUT2D eigenvalue weighted by Gasteiger charge is 2.24. The van der Waals surface area contributed by atoms with E-state index in [4.69, 9.17) is 9.84 Å². The van der Waals surface area contributed by atoms with Crippen molar-refractivity contribution in [2.45, 2.75) is 12.6 Å². The third-order valence-corrected chi connectivity index (χ3v) is 3.00. The number of benzene rings is 2. The van der Waals surface area contributed by atoms with Crippen LogP contribution in [0.15, 0.2) is 48.5 Å². The van der Waals surface area contributed by atoms with E-state index >= 15 is 0 Å². The molecule has 1 atom stereocenters. The van der Waals surface area contributed by atoms with Gasteiger partial charge in [-0.1, -0.05) is 36.4 Å². The average molecular weight is 321 g/mol. The summed E-state index contributed by atoms with van der Waals surface area (Å²) in [6, 6.07) is 9.82. The van der Waals surface area contributed by atoms with Gasteiger partial charge in [-0.25, -0.2) is 18.4 Å². The average Bonchev–Trinajstić information content (AvgIpc) is 2.54. The second kappa shape index (κ2) is 7.35. The highest BCUT2D eigenvalue weighted by atomic mass is 19.2. The zero-order valence-electron chi connectivity index (χ0n) is 11.8. The molecule has 2 aromatic carbocycles. The van der Waals surface area contributed by atoms with Crippen molar-refractivity contribution >= 4 is 12.1 Å². The molecule has 0 aliphatic rings. The van der Waals surface area contributed by atoms with Crippen LogP contribution in [-0.2, 0) is 16.1 Å². The van der Waals surface area contributed by atoms with Crippen LogP contribution in [0.5, 0.6) is 0 Å². The van der Waals surface area contributed by atoms with Crippen molar-refractivity contribution in [3.8, 4) is 0 Å². The van der Waals surface area contributed by atoms with Crippen LogP contribution in [0.4, 0.5) is 13.6 Å². The number of hydrogen-bond acceptors (Lipinski definition) is 3. The molecule has 0 radical (unpaired) electrons. The molecule has 2 aromatic rings. The zero-order chi connectivity index (χ0) is 16.8. The normalized spacial score (nSPS) is 11.6. The number of amides is 1. The Balaban J connectivity index is 2.02. The number of hydrogen-bond donors (Lipinski definition) is 2. The largest absolute Gasteiger partial charge is 0.479 e. The van der Waals surface area contributed by atoms with E-state index in [0.29, 0.717) is 6.07 Å². The number of carboxylic acids is 1. The number of halogens is 2. The van der Waals surface area contributed by atoms with Crippen LogP contribution in [0, 0.1) is 11.6 Å². The van der Waals surface area contributed by atoms with Gasteiger partial charge in [-0.15, -0.1) is 0 Å². The summed E-state index contributed by atoms with van der Waals surface area (Å²) in [6.45, 7) is -0.0448. The van der Waals surface area contributed by atoms with Crippen LogP contribution in [0.2, 0.25) is 0 Å². The molecule has 0 heterocycles. The van der Waals surface area contributed by atoms with Gasteiger partial charge in [0.2, 0.25) is 0 Å². The number of nitrogens with one attached hydrogen (secondary N) is 1. The number of carboxylic acid groups (broad SMARTS) is 1. The third kappa shape index (κ3) is 4.50. The highest BCUT2D eigenvalue weighted by molar-refractivity contribution is 5.81. The van der Waals surface area contributed by atoms with Gasteiger partial charge in [0.1, 0.15) is 6.61 Å². The Morgan fingerprint density at radius 1 is 1.09 bits per heavy atom. The lowest BCUT2D eigenvalue weighted by molar-refractivity contribution is -0.139. The summed E-state index contributed by atoms with van der Waals surface area (Å²) in [5, 5.41) is 11.2. The molecule has 0 unspecified atom stereocenters. The predicted molar refractivity (Wildman–Crippen MR) is 76.5 cm³/mol. The van der Waals surface area contributed by atoms with Crippen LogP contribution in [-0.4, -0.2) is 17.2 Å². The third-order valence-electron chi connectivity index (χ3n) is 3.00. The van der Waals surface area contributed by atoms with E-state index < -0.39 is 29.7 Å². The summed E-state index contributed by atoms with van der Waals surface area (Å²) < 4.78 is 31.0. The molecule has 1 amide bonds. The van der Waals surface area contributed by atoms with Gasteiger partial charge >= 0.3 is 12.1 Å². The second-order valence-electron chi connectivity index (χ2n) is 4.65. The fourth-order valence-corrected chi connectivity index (χ4v) is 1.86. The zero-order valence-corrected chi connectivity index (χ0v) is 11.8. The van der Waals surface area contributed by atoms with Crippen molar-refractivity contribution in [3.63, 3.8) is 0 Å². The van der Waals surface area contributed by atoms with Gasteiger partial charge in [-0.05, 0) is 23.3 Å². The van der Waals surface area contributed by atoms with Crippen LogP contribution < -0.4 is 5.32 Å². The maximum atomic E-state index is 13.2. The highest BCUT2D eigenvalue weighted by Crippen LogP contribution is 2.17. The monoisotopic (exact) mass is 321 g/mol. The van der Waals surface area contributed by atoms with E-state index in [1.54, 1.807) is 30.3 Å². The molecular formula is C16H13F2NO4. The molecular weight excluding hydrogens is 308 g/mol. The minimum Gasteiger partial charge on any atom is -0.479 e. The number of carbonyl (C=O) groups excluding carboxylic acids is 1. The molecule has 0 aliphatic heterocycles. The molecule has 2 N–H and O–H groups in total. The van der Waals surface area contributed by atoms with Crippen molar-refractivity contribution in [2.24, 2.45) is 0 Å². The second-order valence-corrected chi connectivity index (χ2v) is 4.65. The number of aliphatic carboxylic acids is 1. The van der Waals surface area contributed by atoms with Crippen molar-refractivity contribution in [2.75, 3.05) is 0 Å². The van der Waals surface area contributed by atoms with E-state index in [2.05, 4.69) is 5.32 Å². The lowest BCUT2D eigenvalue weighted by atomic mass is 10.1. The lowest BCUT2D eigenvalue weighted by Crippen LogP contribution is -2.34. The standard InChI is InChI=1S/C16H13F2NO4/c17-12-7-6-11(8-13(12)18)14(15(20)21)19-16(22)23-9-10-4-2-1-3-5-10/h1-8,14H,9H2,(H,19,22)(H,20,21)/t14-/m1/s1. The Kier molecular flexibility index (Phi) is 5.24.